The van der Waals surface area contributed by atoms with Gasteiger partial charge in [-0.15, -0.1) is 0 Å². The van der Waals surface area contributed by atoms with Crippen LogP contribution in [-0.4, -0.2) is 17.4 Å². The van der Waals surface area contributed by atoms with Crippen LogP contribution in [0.2, 0.25) is 0 Å². The second kappa shape index (κ2) is 5.93. The minimum absolute atomic E-state index is 0.186. The molecule has 0 spiro atoms. The van der Waals surface area contributed by atoms with Crippen LogP contribution in [0.5, 0.6) is 0 Å². The summed E-state index contributed by atoms with van der Waals surface area (Å²) in [4.78, 5) is 20.8. The molecule has 3 heterocycles. The summed E-state index contributed by atoms with van der Waals surface area (Å²) in [6, 6.07) is 9.30. The lowest BCUT2D eigenvalue weighted by Crippen LogP contribution is -2.21. The van der Waals surface area contributed by atoms with Crippen molar-refractivity contribution in [1.82, 2.24) is 15.8 Å². The topological polar surface area (TPSA) is 66.1 Å². The monoisotopic (exact) mass is 352 g/mol. The van der Waals surface area contributed by atoms with E-state index in [9.17, 15) is 9.18 Å². The molecule has 2 aliphatic heterocycles. The standard InChI is InChI=1S/C20H18FN3O2/c21-15-9-11(6-7-12(15)16-5-2-8-22-16)19-14-10-26-24-20(25)13-3-1-4-17(23-19)18(13)14/h1,3-4,6-7,9,16,22-23H,2,5,8,10H2,(H,24,25)/t16-/m1/s1/i16D. The molecule has 5 rings (SSSR count). The third-order valence-electron chi connectivity index (χ3n) is 5.08. The Labute approximate surface area is 150 Å². The number of hydrogen-bond donors (Lipinski definition) is 3. The number of amides is 1. The summed E-state index contributed by atoms with van der Waals surface area (Å²) in [5, 5.41) is 3.87. The lowest BCUT2D eigenvalue weighted by molar-refractivity contribution is 0.0256. The molecule has 2 aliphatic rings. The van der Waals surface area contributed by atoms with Crippen LogP contribution in [0.4, 0.5) is 4.39 Å². The van der Waals surface area contributed by atoms with E-state index in [1.807, 2.05) is 12.1 Å². The lowest BCUT2D eigenvalue weighted by atomic mass is 9.99. The van der Waals surface area contributed by atoms with Gasteiger partial charge in [0.25, 0.3) is 5.91 Å². The van der Waals surface area contributed by atoms with Gasteiger partial charge in [-0.05, 0) is 37.6 Å². The Morgan fingerprint density at radius 2 is 2.19 bits per heavy atom. The Bertz CT molecular complexity index is 1070. The molecule has 1 amide bonds. The van der Waals surface area contributed by atoms with E-state index in [1.165, 1.54) is 6.07 Å². The van der Waals surface area contributed by atoms with Gasteiger partial charge in [-0.2, -0.15) is 0 Å². The maximum Gasteiger partial charge on any atom is 0.275 e. The summed E-state index contributed by atoms with van der Waals surface area (Å²) in [6.45, 7) is 0.906. The van der Waals surface area contributed by atoms with E-state index in [1.54, 1.807) is 18.2 Å². The fraction of sp³-hybridized carbons (Fsp3) is 0.250. The van der Waals surface area contributed by atoms with Crippen molar-refractivity contribution in [2.75, 3.05) is 6.54 Å². The zero-order valence-electron chi connectivity index (χ0n) is 15.0. The van der Waals surface area contributed by atoms with Crippen LogP contribution in [0.25, 0.3) is 22.2 Å². The fourth-order valence-corrected chi connectivity index (χ4v) is 3.86. The van der Waals surface area contributed by atoms with Gasteiger partial charge in [-0.3, -0.25) is 9.63 Å². The molecule has 2 aromatic carbocycles. The quantitative estimate of drug-likeness (QED) is 0.660. The van der Waals surface area contributed by atoms with E-state index in [-0.39, 0.29) is 12.5 Å². The molecule has 132 valence electrons. The van der Waals surface area contributed by atoms with E-state index in [0.29, 0.717) is 23.1 Å². The highest BCUT2D eigenvalue weighted by Gasteiger charge is 2.24. The Balaban J connectivity index is 1.66. The van der Waals surface area contributed by atoms with Crippen molar-refractivity contribution in [3.63, 3.8) is 0 Å². The van der Waals surface area contributed by atoms with Gasteiger partial charge in [0.15, 0.2) is 0 Å². The number of nitrogens with one attached hydrogen (secondary N) is 3. The van der Waals surface area contributed by atoms with Crippen LogP contribution in [0, 0.1) is 5.82 Å². The molecule has 1 fully saturated rings. The first-order valence-electron chi connectivity index (χ1n) is 9.18. The first kappa shape index (κ1) is 14.5. The minimum Gasteiger partial charge on any atom is -0.354 e. The molecule has 3 N–H and O–H groups in total. The van der Waals surface area contributed by atoms with Gasteiger partial charge < -0.3 is 10.3 Å². The van der Waals surface area contributed by atoms with E-state index in [4.69, 9.17) is 6.21 Å². The third kappa shape index (κ3) is 2.34. The first-order chi connectivity index (χ1) is 13.1. The van der Waals surface area contributed by atoms with Gasteiger partial charge in [0.2, 0.25) is 0 Å². The summed E-state index contributed by atoms with van der Waals surface area (Å²) >= 11 is 0. The summed E-state index contributed by atoms with van der Waals surface area (Å²) in [6.07, 6.45) is 1.45. The van der Waals surface area contributed by atoms with Crippen molar-refractivity contribution >= 4 is 16.8 Å². The number of hydrogen-bond acceptors (Lipinski definition) is 3. The molecule has 0 aliphatic carbocycles. The zero-order chi connectivity index (χ0) is 18.6. The van der Waals surface area contributed by atoms with Crippen molar-refractivity contribution in [1.29, 1.82) is 0 Å². The number of H-pyrrole nitrogens is 1. The predicted molar refractivity (Wildman–Crippen MR) is 95.9 cm³/mol. The van der Waals surface area contributed by atoms with Gasteiger partial charge in [-0.25, -0.2) is 9.87 Å². The Morgan fingerprint density at radius 3 is 3.00 bits per heavy atom. The van der Waals surface area contributed by atoms with E-state index >= 15 is 0 Å². The largest absolute Gasteiger partial charge is 0.354 e. The van der Waals surface area contributed by atoms with E-state index in [2.05, 4.69) is 15.8 Å². The summed E-state index contributed by atoms with van der Waals surface area (Å²) in [7, 11) is 0. The molecule has 1 atom stereocenters. The zero-order valence-corrected chi connectivity index (χ0v) is 14.0. The van der Waals surface area contributed by atoms with Crippen LogP contribution in [0.15, 0.2) is 36.4 Å². The first-order valence-corrected chi connectivity index (χ1v) is 8.68. The molecule has 0 unspecified atom stereocenters. The van der Waals surface area contributed by atoms with Crippen LogP contribution in [0.1, 0.15) is 41.7 Å². The molecular formula is C20H18FN3O2. The number of benzene rings is 2. The molecule has 1 saturated heterocycles. The van der Waals surface area contributed by atoms with Gasteiger partial charge >= 0.3 is 0 Å². The molecule has 0 saturated carbocycles. The summed E-state index contributed by atoms with van der Waals surface area (Å²) < 4.78 is 23.4. The van der Waals surface area contributed by atoms with E-state index in [0.717, 1.165) is 35.1 Å². The number of halogens is 1. The smallest absolute Gasteiger partial charge is 0.275 e. The predicted octanol–water partition coefficient (Wildman–Crippen LogP) is 3.57. The highest BCUT2D eigenvalue weighted by molar-refractivity contribution is 6.09. The number of rotatable bonds is 2. The second-order valence-electron chi connectivity index (χ2n) is 6.63. The molecule has 26 heavy (non-hydrogen) atoms. The van der Waals surface area contributed by atoms with Crippen molar-refractivity contribution < 1.29 is 15.4 Å². The second-order valence-corrected chi connectivity index (χ2v) is 6.63. The van der Waals surface area contributed by atoms with Gasteiger partial charge in [-0.1, -0.05) is 18.2 Å². The number of carbonyl (C=O) groups is 1. The molecular weight excluding hydrogens is 333 g/mol. The van der Waals surface area contributed by atoms with Crippen LogP contribution < -0.4 is 10.8 Å². The van der Waals surface area contributed by atoms with E-state index < -0.39 is 11.8 Å². The average Bonchev–Trinajstić information content (AvgIpc) is 3.21. The molecule has 3 aromatic rings. The molecule has 6 heteroatoms. The molecule has 0 bridgehead atoms. The minimum atomic E-state index is -1.07. The van der Waals surface area contributed by atoms with Crippen LogP contribution >= 0.6 is 0 Å². The Kier molecular flexibility index (Phi) is 3.30. The Morgan fingerprint density at radius 1 is 1.27 bits per heavy atom. The number of aromatic nitrogens is 1. The highest BCUT2D eigenvalue weighted by Crippen LogP contribution is 2.36. The van der Waals surface area contributed by atoms with Gasteiger partial charge in [0, 0.05) is 33.6 Å². The number of aromatic amines is 1. The Hall–Kier alpha value is -2.70. The van der Waals surface area contributed by atoms with Crippen LogP contribution in [-0.2, 0) is 11.4 Å². The maximum absolute atomic E-state index is 14.9. The van der Waals surface area contributed by atoms with Gasteiger partial charge in [0.05, 0.1) is 12.6 Å². The third-order valence-corrected chi connectivity index (χ3v) is 5.08. The van der Waals surface area contributed by atoms with Crippen molar-refractivity contribution in [2.45, 2.75) is 25.5 Å². The maximum atomic E-state index is 14.9. The summed E-state index contributed by atoms with van der Waals surface area (Å²) in [5.74, 6) is -0.707. The molecule has 5 nitrogen and oxygen atoms in total. The van der Waals surface area contributed by atoms with Crippen molar-refractivity contribution in [3.05, 3.63) is 58.9 Å². The normalized spacial score (nSPS) is 23.0. The summed E-state index contributed by atoms with van der Waals surface area (Å²) in [5.41, 5.74) is 6.30. The van der Waals surface area contributed by atoms with Crippen molar-refractivity contribution in [3.8, 4) is 11.3 Å². The molecule has 0 radical (unpaired) electrons. The number of hydroxylamine groups is 1. The molecule has 1 aromatic heterocycles. The lowest BCUT2D eigenvalue weighted by Gasteiger charge is -2.13. The SMILES string of the molecule is [2H][C@]1(c2ccc(-c3[nH]c4cccc5c4c3CONC5=O)cc2F)CCCN1. The highest BCUT2D eigenvalue weighted by atomic mass is 19.1. The van der Waals surface area contributed by atoms with Gasteiger partial charge in [0.1, 0.15) is 12.4 Å². The number of carbonyl (C=O) groups excluding carboxylic acids is 1. The van der Waals surface area contributed by atoms with Crippen molar-refractivity contribution in [2.24, 2.45) is 0 Å². The fourth-order valence-electron chi connectivity index (χ4n) is 3.86. The van der Waals surface area contributed by atoms with Crippen LogP contribution in [0.3, 0.4) is 0 Å². The average molecular weight is 352 g/mol.